The molecule has 4 nitrogen and oxygen atoms in total. The number of hydrogen-bond acceptors (Lipinski definition) is 3. The number of anilines is 1. The highest BCUT2D eigenvalue weighted by atomic mass is 19.1. The molecular weight excluding hydrogens is 199 g/mol. The van der Waals surface area contributed by atoms with Crippen LogP contribution in [0, 0.1) is 15.9 Å². The Kier molecular flexibility index (Phi) is 3.38. The monoisotopic (exact) mass is 210 g/mol. The lowest BCUT2D eigenvalue weighted by molar-refractivity contribution is -0.400. The number of benzene rings is 1. The van der Waals surface area contributed by atoms with Crippen LogP contribution in [-0.4, -0.2) is 19.0 Å². The zero-order chi connectivity index (χ0) is 11.4. The average Bonchev–Trinajstić information content (AvgIpc) is 2.14. The fraction of sp³-hybridized carbons (Fsp3) is 0.200. The first kappa shape index (κ1) is 11.2. The van der Waals surface area contributed by atoms with Gasteiger partial charge in [-0.1, -0.05) is 0 Å². The minimum atomic E-state index is -0.579. The van der Waals surface area contributed by atoms with E-state index in [-0.39, 0.29) is 0 Å². The third-order valence-electron chi connectivity index (χ3n) is 1.85. The van der Waals surface area contributed by atoms with Gasteiger partial charge in [0.05, 0.1) is 4.92 Å². The smallest absolute Gasteiger partial charge is 0.235 e. The van der Waals surface area contributed by atoms with Gasteiger partial charge in [0.15, 0.2) is 0 Å². The molecule has 0 spiro atoms. The number of rotatable bonds is 3. The average molecular weight is 210 g/mol. The SMILES string of the molecule is CN(C)c1ccc(F)cc1/C=C/[N+](=O)[O-]. The lowest BCUT2D eigenvalue weighted by Crippen LogP contribution is -2.10. The summed E-state index contributed by atoms with van der Waals surface area (Å²) in [5.41, 5.74) is 1.21. The Morgan fingerprint density at radius 1 is 1.47 bits per heavy atom. The molecule has 0 saturated carbocycles. The highest BCUT2D eigenvalue weighted by Gasteiger charge is 2.04. The topological polar surface area (TPSA) is 46.4 Å². The van der Waals surface area contributed by atoms with Crippen LogP contribution in [0.15, 0.2) is 24.4 Å². The Labute approximate surface area is 86.8 Å². The van der Waals surface area contributed by atoms with Crippen LogP contribution in [0.5, 0.6) is 0 Å². The molecule has 0 unspecified atom stereocenters. The van der Waals surface area contributed by atoms with Gasteiger partial charge in [-0.2, -0.15) is 0 Å². The highest BCUT2D eigenvalue weighted by Crippen LogP contribution is 2.20. The van der Waals surface area contributed by atoms with Crippen LogP contribution in [0.2, 0.25) is 0 Å². The van der Waals surface area contributed by atoms with Crippen LogP contribution in [0.1, 0.15) is 5.56 Å². The summed E-state index contributed by atoms with van der Waals surface area (Å²) in [7, 11) is 3.58. The molecule has 0 aliphatic carbocycles. The van der Waals surface area contributed by atoms with Gasteiger partial charge in [0, 0.05) is 31.4 Å². The van der Waals surface area contributed by atoms with Crippen molar-refractivity contribution < 1.29 is 9.31 Å². The minimum absolute atomic E-state index is 0.413. The minimum Gasteiger partial charge on any atom is -0.377 e. The van der Waals surface area contributed by atoms with Crippen molar-refractivity contribution in [3.63, 3.8) is 0 Å². The normalized spacial score (nSPS) is 10.6. The lowest BCUT2D eigenvalue weighted by atomic mass is 10.1. The molecule has 0 aliphatic rings. The predicted molar refractivity (Wildman–Crippen MR) is 56.8 cm³/mol. The Bertz CT molecular complexity index is 402. The quantitative estimate of drug-likeness (QED) is 0.567. The Hall–Kier alpha value is -1.91. The first-order valence-corrected chi connectivity index (χ1v) is 4.29. The summed E-state index contributed by atoms with van der Waals surface area (Å²) in [4.78, 5) is 11.3. The van der Waals surface area contributed by atoms with Crippen molar-refractivity contribution in [2.24, 2.45) is 0 Å². The zero-order valence-electron chi connectivity index (χ0n) is 8.48. The second-order valence-electron chi connectivity index (χ2n) is 3.20. The van der Waals surface area contributed by atoms with E-state index in [2.05, 4.69) is 0 Å². The summed E-state index contributed by atoms with van der Waals surface area (Å²) in [6.45, 7) is 0. The van der Waals surface area contributed by atoms with Crippen LogP contribution in [0.3, 0.4) is 0 Å². The Balaban J connectivity index is 3.13. The van der Waals surface area contributed by atoms with Crippen molar-refractivity contribution >= 4 is 11.8 Å². The Morgan fingerprint density at radius 3 is 2.67 bits per heavy atom. The molecule has 0 aromatic heterocycles. The first-order chi connectivity index (χ1) is 7.00. The summed E-state index contributed by atoms with van der Waals surface area (Å²) >= 11 is 0. The van der Waals surface area contributed by atoms with E-state index < -0.39 is 10.7 Å². The first-order valence-electron chi connectivity index (χ1n) is 4.29. The van der Waals surface area contributed by atoms with Gasteiger partial charge in [0.25, 0.3) is 0 Å². The van der Waals surface area contributed by atoms with Gasteiger partial charge in [0.1, 0.15) is 5.82 Å². The third-order valence-corrected chi connectivity index (χ3v) is 1.85. The molecule has 0 N–H and O–H groups in total. The van der Waals surface area contributed by atoms with E-state index >= 15 is 0 Å². The lowest BCUT2D eigenvalue weighted by Gasteiger charge is -2.14. The molecule has 0 heterocycles. The maximum Gasteiger partial charge on any atom is 0.235 e. The van der Waals surface area contributed by atoms with Crippen molar-refractivity contribution in [2.45, 2.75) is 0 Å². The van der Waals surface area contributed by atoms with Crippen molar-refractivity contribution in [3.8, 4) is 0 Å². The van der Waals surface area contributed by atoms with E-state index in [0.717, 1.165) is 11.9 Å². The fourth-order valence-corrected chi connectivity index (χ4v) is 1.21. The largest absolute Gasteiger partial charge is 0.377 e. The standard InChI is InChI=1S/C10H11FN2O2/c1-12(2)10-4-3-9(11)7-8(10)5-6-13(14)15/h3-7H,1-2H3/b6-5+. The molecule has 1 aromatic rings. The van der Waals surface area contributed by atoms with E-state index in [1.807, 2.05) is 0 Å². The van der Waals surface area contributed by atoms with Crippen molar-refractivity contribution in [1.82, 2.24) is 0 Å². The summed E-state index contributed by atoms with van der Waals surface area (Å²) in [5.74, 6) is -0.413. The molecule has 15 heavy (non-hydrogen) atoms. The second kappa shape index (κ2) is 4.54. The van der Waals surface area contributed by atoms with Crippen molar-refractivity contribution in [2.75, 3.05) is 19.0 Å². The molecule has 0 aliphatic heterocycles. The van der Waals surface area contributed by atoms with Gasteiger partial charge in [-0.25, -0.2) is 4.39 Å². The van der Waals surface area contributed by atoms with Gasteiger partial charge in [-0.05, 0) is 18.2 Å². The Morgan fingerprint density at radius 2 is 2.13 bits per heavy atom. The van der Waals surface area contributed by atoms with E-state index in [0.29, 0.717) is 5.56 Å². The molecule has 5 heteroatoms. The van der Waals surface area contributed by atoms with Crippen LogP contribution >= 0.6 is 0 Å². The molecule has 0 atom stereocenters. The summed E-state index contributed by atoms with van der Waals surface area (Å²) in [5, 5.41) is 10.2. The maximum atomic E-state index is 12.9. The van der Waals surface area contributed by atoms with Gasteiger partial charge >= 0.3 is 0 Å². The number of halogens is 1. The van der Waals surface area contributed by atoms with Crippen molar-refractivity contribution in [3.05, 3.63) is 45.9 Å². The molecule has 1 aromatic carbocycles. The fourth-order valence-electron chi connectivity index (χ4n) is 1.21. The molecule has 80 valence electrons. The third kappa shape index (κ3) is 3.05. The highest BCUT2D eigenvalue weighted by molar-refractivity contribution is 5.66. The van der Waals surface area contributed by atoms with Gasteiger partial charge in [-0.3, -0.25) is 10.1 Å². The van der Waals surface area contributed by atoms with Crippen LogP contribution in [-0.2, 0) is 0 Å². The number of nitrogens with zero attached hydrogens (tertiary/aromatic N) is 2. The van der Waals surface area contributed by atoms with Crippen LogP contribution in [0.25, 0.3) is 6.08 Å². The van der Waals surface area contributed by atoms with E-state index in [9.17, 15) is 14.5 Å². The zero-order valence-corrected chi connectivity index (χ0v) is 8.48. The molecule has 0 bridgehead atoms. The van der Waals surface area contributed by atoms with Crippen LogP contribution < -0.4 is 4.90 Å². The van der Waals surface area contributed by atoms with Gasteiger partial charge < -0.3 is 4.90 Å². The predicted octanol–water partition coefficient (Wildman–Crippen LogP) is 2.14. The maximum absolute atomic E-state index is 12.9. The van der Waals surface area contributed by atoms with Crippen LogP contribution in [0.4, 0.5) is 10.1 Å². The van der Waals surface area contributed by atoms with Gasteiger partial charge in [0.2, 0.25) is 6.20 Å². The van der Waals surface area contributed by atoms with Gasteiger partial charge in [-0.15, -0.1) is 0 Å². The number of hydrogen-bond donors (Lipinski definition) is 0. The van der Waals surface area contributed by atoms with Crippen molar-refractivity contribution in [1.29, 1.82) is 0 Å². The van der Waals surface area contributed by atoms with E-state index in [1.165, 1.54) is 18.2 Å². The summed E-state index contributed by atoms with van der Waals surface area (Å²) in [6, 6.07) is 4.16. The molecular formula is C10H11FN2O2. The van der Waals surface area contributed by atoms with E-state index in [4.69, 9.17) is 0 Å². The summed E-state index contributed by atoms with van der Waals surface area (Å²) in [6.07, 6.45) is 2.07. The molecule has 0 saturated heterocycles. The number of nitro groups is 1. The molecule has 0 fully saturated rings. The van der Waals surface area contributed by atoms with E-state index in [1.54, 1.807) is 25.1 Å². The molecule has 0 radical (unpaired) electrons. The molecule has 0 amide bonds. The second-order valence-corrected chi connectivity index (χ2v) is 3.20. The summed E-state index contributed by atoms with van der Waals surface area (Å²) < 4.78 is 12.9. The molecule has 1 rings (SSSR count).